The molecule has 9 heteroatoms. The van der Waals surface area contributed by atoms with Crippen molar-refractivity contribution in [1.82, 2.24) is 5.32 Å². The van der Waals surface area contributed by atoms with Crippen LogP contribution in [-0.2, 0) is 20.8 Å². The number of nitrogens with zero attached hydrogens (tertiary/aromatic N) is 1. The second-order valence-electron chi connectivity index (χ2n) is 6.07. The van der Waals surface area contributed by atoms with E-state index in [1.165, 1.54) is 0 Å². The molecular weight excluding hydrogens is 336 g/mol. The predicted molar refractivity (Wildman–Crippen MR) is 83.3 cm³/mol. The number of carbonyl (C=O) groups is 3. The Labute approximate surface area is 141 Å². The molecule has 2 fully saturated rings. The average Bonchev–Trinajstić information content (AvgIpc) is 3.01. The molecule has 2 aliphatic heterocycles. The highest BCUT2D eigenvalue weighted by Crippen LogP contribution is 2.45. The molecule has 1 aromatic rings. The number of quaternary nitrogens is 1. The topological polar surface area (TPSA) is 127 Å². The van der Waals surface area contributed by atoms with Crippen molar-refractivity contribution in [2.75, 3.05) is 0 Å². The summed E-state index contributed by atoms with van der Waals surface area (Å²) in [4.78, 5) is 34.4. The largest absolute Gasteiger partial charge is 0.579 e. The SMILES string of the molecule is O=C1CCC(Cc2ccc(C3CC(=O)[N+]([O-])(O)S3)cc2)(C(=O)O)N1. The van der Waals surface area contributed by atoms with Gasteiger partial charge in [-0.2, -0.15) is 5.21 Å². The number of hydrogen-bond donors (Lipinski definition) is 3. The average molecular weight is 352 g/mol. The van der Waals surface area contributed by atoms with E-state index < -0.39 is 26.9 Å². The Morgan fingerprint density at radius 3 is 2.50 bits per heavy atom. The Morgan fingerprint density at radius 1 is 1.38 bits per heavy atom. The molecule has 3 unspecified atom stereocenters. The molecule has 3 atom stereocenters. The highest BCUT2D eigenvalue weighted by atomic mass is 32.2. The fraction of sp³-hybridized carbons (Fsp3) is 0.400. The lowest BCUT2D eigenvalue weighted by molar-refractivity contribution is -0.880. The van der Waals surface area contributed by atoms with Gasteiger partial charge in [0.05, 0.1) is 6.42 Å². The summed E-state index contributed by atoms with van der Waals surface area (Å²) >= 11 is 0.609. The number of carboxylic acids is 1. The van der Waals surface area contributed by atoms with E-state index in [0.29, 0.717) is 17.5 Å². The van der Waals surface area contributed by atoms with Crippen molar-refractivity contribution in [3.63, 3.8) is 0 Å². The van der Waals surface area contributed by atoms with E-state index >= 15 is 0 Å². The predicted octanol–water partition coefficient (Wildman–Crippen LogP) is 1.29. The third kappa shape index (κ3) is 3.03. The number of carboxylic acid groups (broad SMARTS) is 1. The van der Waals surface area contributed by atoms with Gasteiger partial charge in [-0.15, -0.1) is 0 Å². The number of rotatable bonds is 4. The Bertz CT molecular complexity index is 704. The van der Waals surface area contributed by atoms with Gasteiger partial charge in [0.15, 0.2) is 0 Å². The van der Waals surface area contributed by atoms with Gasteiger partial charge in [-0.1, -0.05) is 28.5 Å². The number of amides is 2. The van der Waals surface area contributed by atoms with Gasteiger partial charge in [-0.3, -0.25) is 4.79 Å². The first-order valence-electron chi connectivity index (χ1n) is 7.40. The molecule has 2 saturated heterocycles. The van der Waals surface area contributed by atoms with Crippen molar-refractivity contribution in [2.24, 2.45) is 0 Å². The third-order valence-corrected chi connectivity index (χ3v) is 5.55. The van der Waals surface area contributed by atoms with Crippen LogP contribution in [0.4, 0.5) is 0 Å². The molecule has 2 heterocycles. The molecule has 0 bridgehead atoms. The van der Waals surface area contributed by atoms with Gasteiger partial charge >= 0.3 is 11.9 Å². The second-order valence-corrected chi connectivity index (χ2v) is 7.34. The van der Waals surface area contributed by atoms with Crippen molar-refractivity contribution in [2.45, 2.75) is 36.5 Å². The van der Waals surface area contributed by atoms with Gasteiger partial charge in [0.25, 0.3) is 0 Å². The molecule has 24 heavy (non-hydrogen) atoms. The number of hydroxylamine groups is 2. The van der Waals surface area contributed by atoms with Crippen LogP contribution in [0, 0.1) is 5.21 Å². The zero-order valence-corrected chi connectivity index (χ0v) is 13.4. The molecule has 0 aromatic heterocycles. The van der Waals surface area contributed by atoms with Crippen LogP contribution in [0.5, 0.6) is 0 Å². The standard InChI is InChI=1S/C15H16N2O6S/c18-12-5-6-15(16-12,14(20)21)8-9-1-3-10(4-2-9)11-7-13(19)17(22,23)24-11/h1-4,11,22H,5-8H2,(H,16,18)(H,20,21). The Hall–Kier alpha value is -1.94. The Kier molecular flexibility index (Phi) is 4.12. The van der Waals surface area contributed by atoms with Gasteiger partial charge in [-0.05, 0) is 17.5 Å². The van der Waals surface area contributed by atoms with Crippen LogP contribution in [0.15, 0.2) is 24.3 Å². The summed E-state index contributed by atoms with van der Waals surface area (Å²) in [6, 6.07) is 6.84. The summed E-state index contributed by atoms with van der Waals surface area (Å²) in [6.07, 6.45) is 0.521. The number of nitrogens with one attached hydrogen (secondary N) is 1. The Balaban J connectivity index is 1.74. The maximum atomic E-state index is 11.5. The molecule has 3 N–H and O–H groups in total. The van der Waals surface area contributed by atoms with Crippen molar-refractivity contribution in [3.8, 4) is 0 Å². The lowest BCUT2D eigenvalue weighted by Gasteiger charge is -2.24. The van der Waals surface area contributed by atoms with E-state index in [4.69, 9.17) is 0 Å². The van der Waals surface area contributed by atoms with Crippen LogP contribution in [0.2, 0.25) is 0 Å². The van der Waals surface area contributed by atoms with Crippen molar-refractivity contribution in [3.05, 3.63) is 40.6 Å². The zero-order chi connectivity index (χ0) is 17.5. The molecule has 8 nitrogen and oxygen atoms in total. The summed E-state index contributed by atoms with van der Waals surface area (Å²) in [5.41, 5.74) is 0.148. The summed E-state index contributed by atoms with van der Waals surface area (Å²) in [7, 11) is 0. The highest BCUT2D eigenvalue weighted by molar-refractivity contribution is 7.94. The van der Waals surface area contributed by atoms with Gasteiger partial charge in [0.1, 0.15) is 22.7 Å². The molecule has 0 saturated carbocycles. The number of hydrogen-bond acceptors (Lipinski definition) is 6. The van der Waals surface area contributed by atoms with E-state index in [1.54, 1.807) is 24.3 Å². The van der Waals surface area contributed by atoms with E-state index in [1.807, 2.05) is 0 Å². The maximum absolute atomic E-state index is 11.5. The lowest BCUT2D eigenvalue weighted by Crippen LogP contribution is -2.50. The quantitative estimate of drug-likeness (QED) is 0.322. The molecule has 0 aliphatic carbocycles. The molecule has 1 aromatic carbocycles. The minimum atomic E-state index is -1.93. The van der Waals surface area contributed by atoms with Gasteiger partial charge < -0.3 is 15.6 Å². The molecule has 3 rings (SSSR count). The minimum Gasteiger partial charge on any atom is -0.579 e. The maximum Gasteiger partial charge on any atom is 0.359 e. The third-order valence-electron chi connectivity index (χ3n) is 4.37. The fourth-order valence-corrected chi connectivity index (χ4v) is 4.04. The van der Waals surface area contributed by atoms with Crippen LogP contribution >= 0.6 is 11.9 Å². The summed E-state index contributed by atoms with van der Waals surface area (Å²) in [5.74, 6) is -2.14. The molecule has 128 valence electrons. The number of aliphatic carboxylic acids is 1. The van der Waals surface area contributed by atoms with Gasteiger partial charge in [0, 0.05) is 12.8 Å². The van der Waals surface area contributed by atoms with Gasteiger partial charge in [-0.25, -0.2) is 9.59 Å². The first-order chi connectivity index (χ1) is 11.2. The molecule has 0 spiro atoms. The normalized spacial score (nSPS) is 32.8. The molecule has 2 aliphatic rings. The van der Waals surface area contributed by atoms with E-state index in [-0.39, 0.29) is 31.6 Å². The van der Waals surface area contributed by atoms with Crippen LogP contribution in [0.25, 0.3) is 0 Å². The van der Waals surface area contributed by atoms with Crippen LogP contribution in [-0.4, -0.2) is 37.9 Å². The number of benzene rings is 1. The van der Waals surface area contributed by atoms with E-state index in [9.17, 15) is 29.9 Å². The fourth-order valence-electron chi connectivity index (χ4n) is 3.01. The van der Waals surface area contributed by atoms with Crippen molar-refractivity contribution in [1.29, 1.82) is 0 Å². The zero-order valence-electron chi connectivity index (χ0n) is 12.6. The van der Waals surface area contributed by atoms with Gasteiger partial charge in [0.2, 0.25) is 5.91 Å². The van der Waals surface area contributed by atoms with Crippen LogP contribution in [0.1, 0.15) is 35.6 Å². The highest BCUT2D eigenvalue weighted by Gasteiger charge is 2.45. The first-order valence-corrected chi connectivity index (χ1v) is 8.23. The minimum absolute atomic E-state index is 0.0564. The van der Waals surface area contributed by atoms with E-state index in [0.717, 1.165) is 5.56 Å². The summed E-state index contributed by atoms with van der Waals surface area (Å²) in [5, 5.41) is 32.4. The van der Waals surface area contributed by atoms with Crippen LogP contribution < -0.4 is 5.32 Å². The smallest absolute Gasteiger partial charge is 0.359 e. The summed E-state index contributed by atoms with van der Waals surface area (Å²) < 4.78 is -1.93. The molecule has 2 amide bonds. The number of carbonyl (C=O) groups excluding carboxylic acids is 2. The molecule has 0 radical (unpaired) electrons. The van der Waals surface area contributed by atoms with Crippen LogP contribution in [0.3, 0.4) is 0 Å². The monoisotopic (exact) mass is 352 g/mol. The lowest BCUT2D eigenvalue weighted by atomic mass is 9.89. The molecular formula is C15H16N2O6S. The van der Waals surface area contributed by atoms with Crippen molar-refractivity contribution < 1.29 is 28.9 Å². The summed E-state index contributed by atoms with van der Waals surface area (Å²) in [6.45, 7) is 0. The van der Waals surface area contributed by atoms with E-state index in [2.05, 4.69) is 5.32 Å². The second kappa shape index (κ2) is 5.85. The Morgan fingerprint density at radius 2 is 2.04 bits per heavy atom. The first kappa shape index (κ1) is 16.9. The van der Waals surface area contributed by atoms with Crippen molar-refractivity contribution >= 4 is 29.7 Å².